The summed E-state index contributed by atoms with van der Waals surface area (Å²) in [5.41, 5.74) is -0.270. The van der Waals surface area contributed by atoms with Crippen molar-refractivity contribution in [3.63, 3.8) is 0 Å². The molecule has 1 heterocycles. The van der Waals surface area contributed by atoms with E-state index in [1.165, 1.54) is 0 Å². The molecule has 0 radical (unpaired) electrons. The van der Waals surface area contributed by atoms with Gasteiger partial charge in [-0.3, -0.25) is 4.79 Å². The molecule has 0 N–H and O–H groups in total. The zero-order valence-corrected chi connectivity index (χ0v) is 13.8. The standard InChI is InChI=1S/C16H29NO3/c1-15(2,3)9-7-12-11-17(10-8-13(12)18)14(19)20-16(4,5)6/h12H,7-11H2,1-6H3. The zero-order chi connectivity index (χ0) is 15.6. The van der Waals surface area contributed by atoms with Crippen LogP contribution >= 0.6 is 0 Å². The number of ether oxygens (including phenoxy) is 1. The number of nitrogens with zero attached hydrogens (tertiary/aromatic N) is 1. The third-order valence-electron chi connectivity index (χ3n) is 3.42. The van der Waals surface area contributed by atoms with Crippen LogP contribution in [0.4, 0.5) is 4.79 Å². The Balaban J connectivity index is 2.57. The van der Waals surface area contributed by atoms with Crippen LogP contribution < -0.4 is 0 Å². The summed E-state index contributed by atoms with van der Waals surface area (Å²) < 4.78 is 5.38. The fraction of sp³-hybridized carbons (Fsp3) is 0.875. The van der Waals surface area contributed by atoms with Gasteiger partial charge in [-0.05, 0) is 39.0 Å². The van der Waals surface area contributed by atoms with Gasteiger partial charge in [0.2, 0.25) is 0 Å². The van der Waals surface area contributed by atoms with Crippen LogP contribution in [0, 0.1) is 11.3 Å². The van der Waals surface area contributed by atoms with Crippen molar-refractivity contribution in [3.8, 4) is 0 Å². The van der Waals surface area contributed by atoms with Gasteiger partial charge in [0.1, 0.15) is 11.4 Å². The smallest absolute Gasteiger partial charge is 0.410 e. The van der Waals surface area contributed by atoms with Gasteiger partial charge >= 0.3 is 6.09 Å². The Bertz CT molecular complexity index is 363. The monoisotopic (exact) mass is 283 g/mol. The molecule has 4 heteroatoms. The third-order valence-corrected chi connectivity index (χ3v) is 3.42. The number of Topliss-reactive ketones (excluding diaryl/α,β-unsaturated/α-hetero) is 1. The molecule has 1 saturated heterocycles. The molecule has 0 saturated carbocycles. The fourth-order valence-electron chi connectivity index (χ4n) is 2.26. The summed E-state index contributed by atoms with van der Waals surface area (Å²) >= 11 is 0. The van der Waals surface area contributed by atoms with E-state index in [1.54, 1.807) is 4.90 Å². The fourth-order valence-corrected chi connectivity index (χ4v) is 2.26. The van der Waals surface area contributed by atoms with Crippen LogP contribution in [0.15, 0.2) is 0 Å². The predicted molar refractivity (Wildman–Crippen MR) is 79.6 cm³/mol. The molecule has 116 valence electrons. The number of carbonyl (C=O) groups excluding carboxylic acids is 2. The molecular weight excluding hydrogens is 254 g/mol. The zero-order valence-electron chi connectivity index (χ0n) is 13.8. The number of hydrogen-bond acceptors (Lipinski definition) is 3. The highest BCUT2D eigenvalue weighted by molar-refractivity contribution is 5.84. The number of ketones is 1. The van der Waals surface area contributed by atoms with Gasteiger partial charge < -0.3 is 9.64 Å². The minimum atomic E-state index is -0.487. The Hall–Kier alpha value is -1.06. The van der Waals surface area contributed by atoms with Crippen molar-refractivity contribution in [1.29, 1.82) is 0 Å². The maximum absolute atomic E-state index is 12.1. The van der Waals surface area contributed by atoms with E-state index in [0.29, 0.717) is 19.5 Å². The average Bonchev–Trinajstić information content (AvgIpc) is 2.24. The topological polar surface area (TPSA) is 46.6 Å². The van der Waals surface area contributed by atoms with Crippen LogP contribution in [0.25, 0.3) is 0 Å². The molecule has 0 aliphatic carbocycles. The number of rotatable bonds is 2. The minimum absolute atomic E-state index is 0.0320. The molecule has 0 spiro atoms. The number of likely N-dealkylation sites (tertiary alicyclic amines) is 1. The number of piperidine rings is 1. The van der Waals surface area contributed by atoms with E-state index in [4.69, 9.17) is 4.74 Å². The summed E-state index contributed by atoms with van der Waals surface area (Å²) in [5, 5.41) is 0. The summed E-state index contributed by atoms with van der Waals surface area (Å²) in [5.74, 6) is 0.254. The molecule has 0 aromatic carbocycles. The Morgan fingerprint density at radius 3 is 2.35 bits per heavy atom. The second-order valence-electron chi connectivity index (χ2n) is 7.94. The number of hydrogen-bond donors (Lipinski definition) is 0. The molecule has 1 aliphatic heterocycles. The molecule has 0 aromatic rings. The average molecular weight is 283 g/mol. The third kappa shape index (κ3) is 5.93. The van der Waals surface area contributed by atoms with Crippen molar-refractivity contribution in [2.75, 3.05) is 13.1 Å². The SMILES string of the molecule is CC(C)(C)CCC1CN(C(=O)OC(C)(C)C)CCC1=O. The van der Waals surface area contributed by atoms with Crippen molar-refractivity contribution in [3.05, 3.63) is 0 Å². The minimum Gasteiger partial charge on any atom is -0.444 e. The Morgan fingerprint density at radius 1 is 1.25 bits per heavy atom. The molecule has 1 fully saturated rings. The van der Waals surface area contributed by atoms with Gasteiger partial charge in [-0.25, -0.2) is 4.79 Å². The van der Waals surface area contributed by atoms with Gasteiger partial charge in [-0.15, -0.1) is 0 Å². The first-order chi connectivity index (χ1) is 8.98. The summed E-state index contributed by atoms with van der Waals surface area (Å²) in [4.78, 5) is 25.7. The molecule has 1 rings (SSSR count). The van der Waals surface area contributed by atoms with Crippen LogP contribution in [-0.2, 0) is 9.53 Å². The van der Waals surface area contributed by atoms with Gasteiger partial charge in [0.15, 0.2) is 0 Å². The van der Waals surface area contributed by atoms with E-state index in [1.807, 2.05) is 20.8 Å². The van der Waals surface area contributed by atoms with Gasteiger partial charge in [0.05, 0.1) is 0 Å². The normalized spacial score (nSPS) is 21.0. The first-order valence-corrected chi connectivity index (χ1v) is 7.48. The lowest BCUT2D eigenvalue weighted by atomic mass is 9.83. The van der Waals surface area contributed by atoms with Gasteiger partial charge in [0, 0.05) is 25.4 Å². The van der Waals surface area contributed by atoms with E-state index >= 15 is 0 Å². The van der Waals surface area contributed by atoms with E-state index < -0.39 is 5.60 Å². The summed E-state index contributed by atoms with van der Waals surface area (Å²) in [6.07, 6.45) is 1.99. The second-order valence-corrected chi connectivity index (χ2v) is 7.94. The quantitative estimate of drug-likeness (QED) is 0.777. The molecule has 1 aliphatic rings. The highest BCUT2D eigenvalue weighted by Crippen LogP contribution is 2.27. The molecular formula is C16H29NO3. The van der Waals surface area contributed by atoms with E-state index in [-0.39, 0.29) is 23.2 Å². The van der Waals surface area contributed by atoms with E-state index in [9.17, 15) is 9.59 Å². The summed E-state index contributed by atoms with van der Waals surface area (Å²) in [6, 6.07) is 0. The molecule has 4 nitrogen and oxygen atoms in total. The van der Waals surface area contributed by atoms with Crippen molar-refractivity contribution < 1.29 is 14.3 Å². The molecule has 1 amide bonds. The number of carbonyl (C=O) groups is 2. The van der Waals surface area contributed by atoms with E-state index in [0.717, 1.165) is 12.8 Å². The maximum Gasteiger partial charge on any atom is 0.410 e. The van der Waals surface area contributed by atoms with Crippen LogP contribution in [0.2, 0.25) is 0 Å². The maximum atomic E-state index is 12.1. The van der Waals surface area contributed by atoms with Crippen LogP contribution in [-0.4, -0.2) is 35.5 Å². The van der Waals surface area contributed by atoms with Crippen LogP contribution in [0.1, 0.15) is 60.8 Å². The number of amides is 1. The van der Waals surface area contributed by atoms with Crippen molar-refractivity contribution in [2.45, 2.75) is 66.4 Å². The predicted octanol–water partition coefficient (Wildman–Crippen LogP) is 3.64. The molecule has 1 atom stereocenters. The largest absolute Gasteiger partial charge is 0.444 e. The molecule has 0 bridgehead atoms. The van der Waals surface area contributed by atoms with Crippen molar-refractivity contribution in [1.82, 2.24) is 4.90 Å². The first kappa shape index (κ1) is 17.0. The second kappa shape index (κ2) is 6.15. The van der Waals surface area contributed by atoms with Gasteiger partial charge in [-0.2, -0.15) is 0 Å². The molecule has 1 unspecified atom stereocenters. The Morgan fingerprint density at radius 2 is 1.85 bits per heavy atom. The van der Waals surface area contributed by atoms with Gasteiger partial charge in [-0.1, -0.05) is 20.8 Å². The lowest BCUT2D eigenvalue weighted by Crippen LogP contribution is -2.46. The first-order valence-electron chi connectivity index (χ1n) is 7.48. The van der Waals surface area contributed by atoms with Crippen LogP contribution in [0.5, 0.6) is 0 Å². The van der Waals surface area contributed by atoms with Crippen LogP contribution in [0.3, 0.4) is 0 Å². The molecule has 0 aromatic heterocycles. The van der Waals surface area contributed by atoms with Crippen molar-refractivity contribution >= 4 is 11.9 Å². The van der Waals surface area contributed by atoms with E-state index in [2.05, 4.69) is 20.8 Å². The highest BCUT2D eigenvalue weighted by Gasteiger charge is 2.32. The highest BCUT2D eigenvalue weighted by atomic mass is 16.6. The van der Waals surface area contributed by atoms with Crippen molar-refractivity contribution in [2.24, 2.45) is 11.3 Å². The van der Waals surface area contributed by atoms with Gasteiger partial charge in [0.25, 0.3) is 0 Å². The Labute approximate surface area is 122 Å². The molecule has 20 heavy (non-hydrogen) atoms. The lowest BCUT2D eigenvalue weighted by Gasteiger charge is -2.34. The lowest BCUT2D eigenvalue weighted by molar-refractivity contribution is -0.126. The summed E-state index contributed by atoms with van der Waals surface area (Å²) in [6.45, 7) is 13.1. The summed E-state index contributed by atoms with van der Waals surface area (Å²) in [7, 11) is 0. The Kier molecular flexibility index (Phi) is 5.22.